The molecule has 0 atom stereocenters. The van der Waals surface area contributed by atoms with Crippen molar-refractivity contribution >= 4 is 11.0 Å². The number of nitriles is 1. The molecule has 1 saturated carbocycles. The summed E-state index contributed by atoms with van der Waals surface area (Å²) in [4.78, 5) is 0. The van der Waals surface area contributed by atoms with Gasteiger partial charge < -0.3 is 4.42 Å². The molecule has 1 aliphatic carbocycles. The Morgan fingerprint density at radius 1 is 1.27 bits per heavy atom. The first-order valence-corrected chi connectivity index (χ1v) is 5.23. The van der Waals surface area contributed by atoms with E-state index in [1.165, 1.54) is 0 Å². The molecule has 2 nitrogen and oxygen atoms in total. The lowest BCUT2D eigenvalue weighted by molar-refractivity contribution is 0.324. The topological polar surface area (TPSA) is 36.9 Å². The standard InChI is InChI=1S/C13H11NO/c14-9-13(5-1-6-13)11-2-3-12-10(8-11)4-7-15-12/h2-4,7-8H,1,5-6H2. The molecule has 0 N–H and O–H groups in total. The number of benzene rings is 1. The molecule has 15 heavy (non-hydrogen) atoms. The van der Waals surface area contributed by atoms with Crippen molar-refractivity contribution in [1.29, 1.82) is 5.26 Å². The highest BCUT2D eigenvalue weighted by molar-refractivity contribution is 5.78. The van der Waals surface area contributed by atoms with E-state index < -0.39 is 0 Å². The number of nitrogens with zero attached hydrogens (tertiary/aromatic N) is 1. The van der Waals surface area contributed by atoms with Crippen LogP contribution in [0.2, 0.25) is 0 Å². The minimum Gasteiger partial charge on any atom is -0.464 e. The molecule has 0 unspecified atom stereocenters. The fourth-order valence-electron chi connectivity index (χ4n) is 2.26. The van der Waals surface area contributed by atoms with Crippen molar-refractivity contribution in [3.05, 3.63) is 36.1 Å². The van der Waals surface area contributed by atoms with Crippen LogP contribution >= 0.6 is 0 Å². The molecule has 74 valence electrons. The van der Waals surface area contributed by atoms with Gasteiger partial charge in [-0.3, -0.25) is 0 Å². The molecule has 1 aliphatic rings. The zero-order chi connectivity index (χ0) is 10.3. The summed E-state index contributed by atoms with van der Waals surface area (Å²) in [5.41, 5.74) is 1.82. The van der Waals surface area contributed by atoms with Crippen molar-refractivity contribution in [1.82, 2.24) is 0 Å². The maximum atomic E-state index is 9.24. The second-order valence-corrected chi connectivity index (χ2v) is 4.22. The third-order valence-corrected chi connectivity index (χ3v) is 3.43. The summed E-state index contributed by atoms with van der Waals surface area (Å²) in [6, 6.07) is 10.5. The van der Waals surface area contributed by atoms with Gasteiger partial charge in [0, 0.05) is 5.39 Å². The second-order valence-electron chi connectivity index (χ2n) is 4.22. The Balaban J connectivity index is 2.15. The number of fused-ring (bicyclic) bond motifs is 1. The van der Waals surface area contributed by atoms with Gasteiger partial charge in [-0.2, -0.15) is 5.26 Å². The van der Waals surface area contributed by atoms with Crippen LogP contribution in [0.1, 0.15) is 24.8 Å². The average Bonchev–Trinajstić information content (AvgIpc) is 2.64. The zero-order valence-electron chi connectivity index (χ0n) is 8.36. The predicted molar refractivity (Wildman–Crippen MR) is 57.4 cm³/mol. The summed E-state index contributed by atoms with van der Waals surface area (Å²) in [5, 5.41) is 10.3. The van der Waals surface area contributed by atoms with Gasteiger partial charge in [0.05, 0.1) is 17.7 Å². The van der Waals surface area contributed by atoms with Gasteiger partial charge in [-0.05, 0) is 43.0 Å². The highest BCUT2D eigenvalue weighted by Crippen LogP contribution is 2.43. The second kappa shape index (κ2) is 2.87. The Hall–Kier alpha value is -1.75. The molecule has 0 saturated heterocycles. The molecular weight excluding hydrogens is 186 g/mol. The predicted octanol–water partition coefficient (Wildman–Crippen LogP) is 3.38. The van der Waals surface area contributed by atoms with Gasteiger partial charge >= 0.3 is 0 Å². The quantitative estimate of drug-likeness (QED) is 0.702. The molecule has 2 aromatic rings. The van der Waals surface area contributed by atoms with E-state index in [0.29, 0.717) is 0 Å². The van der Waals surface area contributed by atoms with Gasteiger partial charge in [-0.1, -0.05) is 6.07 Å². The van der Waals surface area contributed by atoms with E-state index in [4.69, 9.17) is 4.42 Å². The summed E-state index contributed by atoms with van der Waals surface area (Å²) in [6.45, 7) is 0. The van der Waals surface area contributed by atoms with Gasteiger partial charge in [0.1, 0.15) is 5.58 Å². The first kappa shape index (κ1) is 8.55. The Kier molecular flexibility index (Phi) is 1.63. The number of hydrogen-bond donors (Lipinski definition) is 0. The average molecular weight is 197 g/mol. The molecule has 3 rings (SSSR count). The third-order valence-electron chi connectivity index (χ3n) is 3.43. The Morgan fingerprint density at radius 3 is 2.80 bits per heavy atom. The molecule has 1 aromatic carbocycles. The van der Waals surface area contributed by atoms with Gasteiger partial charge in [-0.25, -0.2) is 0 Å². The van der Waals surface area contributed by atoms with E-state index in [9.17, 15) is 5.26 Å². The summed E-state index contributed by atoms with van der Waals surface area (Å²) in [7, 11) is 0. The van der Waals surface area contributed by atoms with Crippen LogP contribution in [0.25, 0.3) is 11.0 Å². The number of rotatable bonds is 1. The largest absolute Gasteiger partial charge is 0.464 e. The van der Waals surface area contributed by atoms with Crippen LogP contribution in [0, 0.1) is 11.3 Å². The minimum atomic E-state index is -0.217. The third kappa shape index (κ3) is 1.10. The molecule has 0 radical (unpaired) electrons. The monoisotopic (exact) mass is 197 g/mol. The Morgan fingerprint density at radius 2 is 2.13 bits per heavy atom. The summed E-state index contributed by atoms with van der Waals surface area (Å²) in [5.74, 6) is 0. The molecule has 1 heterocycles. The lowest BCUT2D eigenvalue weighted by Gasteiger charge is -2.35. The lowest BCUT2D eigenvalue weighted by atomic mass is 9.65. The van der Waals surface area contributed by atoms with Crippen molar-refractivity contribution in [2.24, 2.45) is 0 Å². The van der Waals surface area contributed by atoms with Gasteiger partial charge in [0.25, 0.3) is 0 Å². The summed E-state index contributed by atoms with van der Waals surface area (Å²) >= 11 is 0. The Bertz CT molecular complexity index is 543. The molecule has 0 bridgehead atoms. The normalized spacial score (nSPS) is 18.3. The smallest absolute Gasteiger partial charge is 0.133 e. The first-order valence-electron chi connectivity index (χ1n) is 5.23. The van der Waals surface area contributed by atoms with E-state index >= 15 is 0 Å². The van der Waals surface area contributed by atoms with Crippen molar-refractivity contribution < 1.29 is 4.42 Å². The van der Waals surface area contributed by atoms with Crippen molar-refractivity contribution in [3.63, 3.8) is 0 Å². The van der Waals surface area contributed by atoms with Crippen LogP contribution in [0.4, 0.5) is 0 Å². The van der Waals surface area contributed by atoms with E-state index in [-0.39, 0.29) is 5.41 Å². The minimum absolute atomic E-state index is 0.217. The van der Waals surface area contributed by atoms with E-state index in [0.717, 1.165) is 35.8 Å². The van der Waals surface area contributed by atoms with Gasteiger partial charge in [-0.15, -0.1) is 0 Å². The van der Waals surface area contributed by atoms with Crippen molar-refractivity contribution in [2.45, 2.75) is 24.7 Å². The maximum Gasteiger partial charge on any atom is 0.133 e. The SMILES string of the molecule is N#CC1(c2ccc3occc3c2)CCC1. The van der Waals surface area contributed by atoms with E-state index in [1.807, 2.05) is 18.2 Å². The summed E-state index contributed by atoms with van der Waals surface area (Å²) < 4.78 is 5.29. The van der Waals surface area contributed by atoms with Crippen LogP contribution in [0.5, 0.6) is 0 Å². The molecule has 2 heteroatoms. The first-order chi connectivity index (χ1) is 7.34. The number of hydrogen-bond acceptors (Lipinski definition) is 2. The molecule has 0 amide bonds. The maximum absolute atomic E-state index is 9.24. The van der Waals surface area contributed by atoms with Crippen LogP contribution in [-0.4, -0.2) is 0 Å². The molecule has 0 aliphatic heterocycles. The number of furan rings is 1. The molecular formula is C13H11NO. The molecule has 1 fully saturated rings. The fraction of sp³-hybridized carbons (Fsp3) is 0.308. The van der Waals surface area contributed by atoms with Gasteiger partial charge in [0.15, 0.2) is 0 Å². The highest BCUT2D eigenvalue weighted by Gasteiger charge is 2.38. The van der Waals surface area contributed by atoms with Crippen molar-refractivity contribution in [2.75, 3.05) is 0 Å². The lowest BCUT2D eigenvalue weighted by Crippen LogP contribution is -2.32. The van der Waals surface area contributed by atoms with Crippen LogP contribution in [-0.2, 0) is 5.41 Å². The summed E-state index contributed by atoms with van der Waals surface area (Å²) in [6.07, 6.45) is 4.84. The molecule has 1 aromatic heterocycles. The van der Waals surface area contributed by atoms with Gasteiger partial charge in [0.2, 0.25) is 0 Å². The fourth-order valence-corrected chi connectivity index (χ4v) is 2.26. The highest BCUT2D eigenvalue weighted by atomic mass is 16.3. The van der Waals surface area contributed by atoms with E-state index in [2.05, 4.69) is 12.1 Å². The van der Waals surface area contributed by atoms with E-state index in [1.54, 1.807) is 6.26 Å². The van der Waals surface area contributed by atoms with Crippen LogP contribution in [0.3, 0.4) is 0 Å². The van der Waals surface area contributed by atoms with Crippen LogP contribution in [0.15, 0.2) is 34.9 Å². The van der Waals surface area contributed by atoms with Crippen molar-refractivity contribution in [3.8, 4) is 6.07 Å². The zero-order valence-corrected chi connectivity index (χ0v) is 8.36. The van der Waals surface area contributed by atoms with Crippen LogP contribution < -0.4 is 0 Å². The molecule has 0 spiro atoms. The Labute approximate surface area is 88.1 Å².